The van der Waals surface area contributed by atoms with Crippen molar-refractivity contribution < 1.29 is 4.79 Å². The molecule has 0 radical (unpaired) electrons. The Morgan fingerprint density at radius 1 is 1.17 bits per heavy atom. The topological polar surface area (TPSA) is 63.9 Å². The van der Waals surface area contributed by atoms with Gasteiger partial charge in [-0.3, -0.25) is 19.4 Å². The maximum absolute atomic E-state index is 13.7. The SMILES string of the molecule is Cc1cc(C)c2sc(N(Cc3ccccn3)C(=O)c3cc(C)nn3C(C)C)nc2c1. The van der Waals surface area contributed by atoms with Gasteiger partial charge in [-0.25, -0.2) is 4.98 Å². The van der Waals surface area contributed by atoms with E-state index >= 15 is 0 Å². The molecule has 7 heteroatoms. The molecule has 0 spiro atoms. The van der Waals surface area contributed by atoms with Gasteiger partial charge in [-0.1, -0.05) is 23.5 Å². The van der Waals surface area contributed by atoms with Crippen molar-refractivity contribution in [2.24, 2.45) is 0 Å². The lowest BCUT2D eigenvalue weighted by Gasteiger charge is -2.21. The van der Waals surface area contributed by atoms with E-state index in [9.17, 15) is 4.79 Å². The van der Waals surface area contributed by atoms with E-state index < -0.39 is 0 Å². The summed E-state index contributed by atoms with van der Waals surface area (Å²) in [4.78, 5) is 24.7. The molecule has 0 saturated heterocycles. The van der Waals surface area contributed by atoms with Crippen LogP contribution in [0.3, 0.4) is 0 Å². The second-order valence-electron chi connectivity index (χ2n) is 7.85. The zero-order chi connectivity index (χ0) is 21.4. The number of aryl methyl sites for hydroxylation is 3. The standard InChI is InChI=1S/C23H25N5OS/c1-14(2)28-20(12-17(5)26-28)22(29)27(13-18-8-6-7-9-24-18)23-25-19-11-15(3)10-16(4)21(19)30-23/h6-12,14H,13H2,1-5H3. The number of hydrogen-bond donors (Lipinski definition) is 0. The number of thiazole rings is 1. The Labute approximate surface area is 180 Å². The number of amides is 1. The Bertz CT molecular complexity index is 1210. The van der Waals surface area contributed by atoms with Crippen molar-refractivity contribution in [2.75, 3.05) is 4.90 Å². The van der Waals surface area contributed by atoms with E-state index in [-0.39, 0.29) is 11.9 Å². The fourth-order valence-corrected chi connectivity index (χ4v) is 4.58. The Morgan fingerprint density at radius 3 is 2.67 bits per heavy atom. The summed E-state index contributed by atoms with van der Waals surface area (Å²) in [5.74, 6) is -0.122. The molecule has 4 rings (SSSR count). The van der Waals surface area contributed by atoms with Gasteiger partial charge in [0.25, 0.3) is 5.91 Å². The van der Waals surface area contributed by atoms with Gasteiger partial charge in [0.15, 0.2) is 5.13 Å². The first-order chi connectivity index (χ1) is 14.3. The first kappa shape index (κ1) is 20.2. The largest absolute Gasteiger partial charge is 0.278 e. The lowest BCUT2D eigenvalue weighted by atomic mass is 10.1. The Kier molecular flexibility index (Phi) is 5.39. The van der Waals surface area contributed by atoms with Gasteiger partial charge in [0.2, 0.25) is 0 Å². The molecule has 30 heavy (non-hydrogen) atoms. The number of fused-ring (bicyclic) bond motifs is 1. The number of nitrogens with zero attached hydrogens (tertiary/aromatic N) is 5. The molecule has 0 aliphatic carbocycles. The van der Waals surface area contributed by atoms with E-state index in [0.29, 0.717) is 17.4 Å². The molecule has 1 aromatic carbocycles. The van der Waals surface area contributed by atoms with Crippen molar-refractivity contribution in [1.29, 1.82) is 0 Å². The van der Waals surface area contributed by atoms with E-state index in [1.54, 1.807) is 27.1 Å². The summed E-state index contributed by atoms with van der Waals surface area (Å²) >= 11 is 1.54. The van der Waals surface area contributed by atoms with Crippen LogP contribution in [0.1, 0.15) is 52.9 Å². The molecule has 0 aliphatic heterocycles. The maximum Gasteiger partial charge on any atom is 0.278 e. The van der Waals surface area contributed by atoms with Gasteiger partial charge in [-0.2, -0.15) is 5.10 Å². The highest BCUT2D eigenvalue weighted by Crippen LogP contribution is 2.33. The fourth-order valence-electron chi connectivity index (χ4n) is 3.57. The number of benzene rings is 1. The van der Waals surface area contributed by atoms with Crippen LogP contribution in [0.4, 0.5) is 5.13 Å². The minimum Gasteiger partial charge on any atom is -0.277 e. The maximum atomic E-state index is 13.7. The number of anilines is 1. The molecule has 0 unspecified atom stereocenters. The summed E-state index contributed by atoms with van der Waals surface area (Å²) in [6.45, 7) is 10.4. The van der Waals surface area contributed by atoms with Crippen LogP contribution in [0.25, 0.3) is 10.2 Å². The predicted octanol–water partition coefficient (Wildman–Crippen LogP) is 5.24. The summed E-state index contributed by atoms with van der Waals surface area (Å²) in [5, 5.41) is 5.19. The fraction of sp³-hybridized carbons (Fsp3) is 0.304. The van der Waals surface area contributed by atoms with E-state index in [1.807, 2.05) is 45.0 Å². The molecule has 6 nitrogen and oxygen atoms in total. The molecule has 3 heterocycles. The van der Waals surface area contributed by atoms with Crippen LogP contribution in [0, 0.1) is 20.8 Å². The average Bonchev–Trinajstić information content (AvgIpc) is 3.30. The van der Waals surface area contributed by atoms with Gasteiger partial charge >= 0.3 is 0 Å². The number of pyridine rings is 1. The second kappa shape index (κ2) is 7.99. The van der Waals surface area contributed by atoms with Gasteiger partial charge in [-0.15, -0.1) is 0 Å². The smallest absolute Gasteiger partial charge is 0.277 e. The predicted molar refractivity (Wildman–Crippen MR) is 121 cm³/mol. The summed E-state index contributed by atoms with van der Waals surface area (Å²) in [5.41, 5.74) is 5.44. The normalized spacial score (nSPS) is 11.4. The zero-order valence-corrected chi connectivity index (χ0v) is 18.7. The van der Waals surface area contributed by atoms with Crippen LogP contribution in [0.2, 0.25) is 0 Å². The number of carbonyl (C=O) groups is 1. The molecule has 4 aromatic rings. The Morgan fingerprint density at radius 2 is 1.97 bits per heavy atom. The first-order valence-electron chi connectivity index (χ1n) is 9.99. The van der Waals surface area contributed by atoms with Crippen LogP contribution in [-0.2, 0) is 6.54 Å². The van der Waals surface area contributed by atoms with E-state index in [4.69, 9.17) is 4.98 Å². The summed E-state index contributed by atoms with van der Waals surface area (Å²) in [6, 6.07) is 11.9. The van der Waals surface area contributed by atoms with Gasteiger partial charge in [0, 0.05) is 12.2 Å². The van der Waals surface area contributed by atoms with Crippen LogP contribution in [0.15, 0.2) is 42.6 Å². The summed E-state index contributed by atoms with van der Waals surface area (Å²) in [6.07, 6.45) is 1.74. The van der Waals surface area contributed by atoms with Gasteiger partial charge < -0.3 is 0 Å². The quantitative estimate of drug-likeness (QED) is 0.444. The molecule has 0 saturated carbocycles. The van der Waals surface area contributed by atoms with Gasteiger partial charge in [-0.05, 0) is 70.0 Å². The number of hydrogen-bond acceptors (Lipinski definition) is 5. The molecule has 0 N–H and O–H groups in total. The summed E-state index contributed by atoms with van der Waals surface area (Å²) in [7, 11) is 0. The van der Waals surface area contributed by atoms with Crippen LogP contribution in [-0.4, -0.2) is 25.7 Å². The highest BCUT2D eigenvalue weighted by atomic mass is 32.1. The lowest BCUT2D eigenvalue weighted by molar-refractivity contribution is 0.0972. The summed E-state index contributed by atoms with van der Waals surface area (Å²) < 4.78 is 2.88. The molecule has 0 aliphatic rings. The van der Waals surface area contributed by atoms with Crippen molar-refractivity contribution in [3.63, 3.8) is 0 Å². The van der Waals surface area contributed by atoms with E-state index in [1.165, 1.54) is 5.56 Å². The van der Waals surface area contributed by atoms with Crippen LogP contribution < -0.4 is 4.90 Å². The van der Waals surface area contributed by atoms with Crippen molar-refractivity contribution in [3.8, 4) is 0 Å². The Hall–Kier alpha value is -3.06. The lowest BCUT2D eigenvalue weighted by Crippen LogP contribution is -2.32. The zero-order valence-electron chi connectivity index (χ0n) is 17.9. The highest BCUT2D eigenvalue weighted by Gasteiger charge is 2.26. The molecular formula is C23H25N5OS. The minimum absolute atomic E-state index is 0.0783. The van der Waals surface area contributed by atoms with Crippen molar-refractivity contribution >= 4 is 32.6 Å². The minimum atomic E-state index is -0.122. The highest BCUT2D eigenvalue weighted by molar-refractivity contribution is 7.22. The number of carbonyl (C=O) groups excluding carboxylic acids is 1. The monoisotopic (exact) mass is 419 g/mol. The molecular weight excluding hydrogens is 394 g/mol. The number of rotatable bonds is 5. The molecule has 154 valence electrons. The van der Waals surface area contributed by atoms with E-state index in [2.05, 4.69) is 36.1 Å². The van der Waals surface area contributed by atoms with Gasteiger partial charge in [0.05, 0.1) is 28.1 Å². The molecule has 0 fully saturated rings. The van der Waals surface area contributed by atoms with Crippen LogP contribution >= 0.6 is 11.3 Å². The molecule has 3 aromatic heterocycles. The van der Waals surface area contributed by atoms with Gasteiger partial charge in [0.1, 0.15) is 5.69 Å². The molecule has 0 bridgehead atoms. The van der Waals surface area contributed by atoms with Crippen molar-refractivity contribution in [3.05, 3.63) is 70.8 Å². The molecule has 1 amide bonds. The second-order valence-corrected chi connectivity index (χ2v) is 8.83. The van der Waals surface area contributed by atoms with Crippen molar-refractivity contribution in [2.45, 2.75) is 47.2 Å². The van der Waals surface area contributed by atoms with E-state index in [0.717, 1.165) is 27.2 Å². The first-order valence-corrected chi connectivity index (χ1v) is 10.8. The van der Waals surface area contributed by atoms with Crippen LogP contribution in [0.5, 0.6) is 0 Å². The third-order valence-electron chi connectivity index (χ3n) is 4.90. The third-order valence-corrected chi connectivity index (χ3v) is 6.13. The van der Waals surface area contributed by atoms with Crippen molar-refractivity contribution in [1.82, 2.24) is 19.7 Å². The average molecular weight is 420 g/mol. The third kappa shape index (κ3) is 3.85. The number of aromatic nitrogens is 4. The molecule has 0 atom stereocenters. The Balaban J connectivity index is 1.83.